The van der Waals surface area contributed by atoms with Gasteiger partial charge >= 0.3 is 5.97 Å². The summed E-state index contributed by atoms with van der Waals surface area (Å²) in [6.07, 6.45) is 1.83. The highest BCUT2D eigenvalue weighted by Crippen LogP contribution is 2.39. The van der Waals surface area contributed by atoms with Gasteiger partial charge in [0.2, 0.25) is 5.91 Å². The Morgan fingerprint density at radius 2 is 1.84 bits per heavy atom. The molecule has 1 aliphatic rings. The summed E-state index contributed by atoms with van der Waals surface area (Å²) in [6.45, 7) is 2.10. The van der Waals surface area contributed by atoms with Crippen molar-refractivity contribution in [1.29, 1.82) is 0 Å². The van der Waals surface area contributed by atoms with Crippen molar-refractivity contribution in [2.24, 2.45) is 5.10 Å². The topological polar surface area (TPSA) is 88.4 Å². The molecule has 1 unspecified atom stereocenters. The minimum Gasteiger partial charge on any atom is -0.497 e. The van der Waals surface area contributed by atoms with Crippen molar-refractivity contribution in [2.75, 3.05) is 14.2 Å². The molecule has 1 amide bonds. The van der Waals surface area contributed by atoms with E-state index in [0.717, 1.165) is 23.3 Å². The van der Waals surface area contributed by atoms with Gasteiger partial charge in [0.1, 0.15) is 11.5 Å². The number of rotatable bonds is 9. The summed E-state index contributed by atoms with van der Waals surface area (Å²) in [5, 5.41) is 15.0. The largest absolute Gasteiger partial charge is 0.497 e. The molecule has 1 aliphatic heterocycles. The van der Waals surface area contributed by atoms with E-state index < -0.39 is 5.97 Å². The third-order valence-corrected chi connectivity index (χ3v) is 5.44. The molecular weight excluding hydrogens is 396 g/mol. The van der Waals surface area contributed by atoms with Crippen LogP contribution in [0.1, 0.15) is 55.3 Å². The van der Waals surface area contributed by atoms with Crippen LogP contribution in [0.2, 0.25) is 0 Å². The van der Waals surface area contributed by atoms with Crippen LogP contribution in [0.15, 0.2) is 47.6 Å². The number of carbonyl (C=O) groups is 2. The lowest BCUT2D eigenvalue weighted by atomic mass is 9.96. The third kappa shape index (κ3) is 5.23. The molecule has 0 radical (unpaired) electrons. The van der Waals surface area contributed by atoms with Gasteiger partial charge in [-0.25, -0.2) is 5.01 Å². The summed E-state index contributed by atoms with van der Waals surface area (Å²) in [5.74, 6) is 0.159. The highest BCUT2D eigenvalue weighted by molar-refractivity contribution is 6.03. The fraction of sp³-hybridized carbons (Fsp3) is 0.375. The number of aryl methyl sites for hydroxylation is 1. The van der Waals surface area contributed by atoms with Crippen molar-refractivity contribution in [2.45, 2.75) is 45.1 Å². The zero-order valence-electron chi connectivity index (χ0n) is 18.1. The molecule has 1 atom stereocenters. The van der Waals surface area contributed by atoms with Crippen molar-refractivity contribution < 1.29 is 24.2 Å². The van der Waals surface area contributed by atoms with Crippen molar-refractivity contribution in [3.05, 3.63) is 59.2 Å². The van der Waals surface area contributed by atoms with Crippen LogP contribution < -0.4 is 9.47 Å². The van der Waals surface area contributed by atoms with Gasteiger partial charge in [0.25, 0.3) is 0 Å². The van der Waals surface area contributed by atoms with E-state index in [1.165, 1.54) is 10.6 Å². The first-order valence-electron chi connectivity index (χ1n) is 10.4. The highest BCUT2D eigenvalue weighted by atomic mass is 16.5. The van der Waals surface area contributed by atoms with Gasteiger partial charge in [-0.3, -0.25) is 9.59 Å². The summed E-state index contributed by atoms with van der Waals surface area (Å²) < 4.78 is 10.9. The average Bonchev–Trinajstić information content (AvgIpc) is 3.23. The van der Waals surface area contributed by atoms with E-state index in [0.29, 0.717) is 17.9 Å². The number of carboxylic acid groups (broad SMARTS) is 1. The molecule has 164 valence electrons. The van der Waals surface area contributed by atoms with E-state index in [9.17, 15) is 9.59 Å². The van der Waals surface area contributed by atoms with Gasteiger partial charge < -0.3 is 14.6 Å². The van der Waals surface area contributed by atoms with E-state index in [1.54, 1.807) is 20.3 Å². The second kappa shape index (κ2) is 10.1. The first-order chi connectivity index (χ1) is 15.0. The van der Waals surface area contributed by atoms with Crippen LogP contribution in [0.25, 0.3) is 0 Å². The van der Waals surface area contributed by atoms with Crippen LogP contribution >= 0.6 is 0 Å². The predicted octanol–water partition coefficient (Wildman–Crippen LogP) is 4.20. The molecule has 0 aliphatic carbocycles. The highest BCUT2D eigenvalue weighted by Gasteiger charge is 2.34. The number of hydrogen-bond acceptors (Lipinski definition) is 5. The molecule has 2 aromatic carbocycles. The molecule has 1 N–H and O–H groups in total. The van der Waals surface area contributed by atoms with E-state index in [1.807, 2.05) is 24.3 Å². The molecule has 7 heteroatoms. The lowest BCUT2D eigenvalue weighted by Gasteiger charge is -2.24. The summed E-state index contributed by atoms with van der Waals surface area (Å²) in [6, 6.07) is 13.4. The van der Waals surface area contributed by atoms with Crippen LogP contribution in [0.5, 0.6) is 11.5 Å². The molecule has 0 spiro atoms. The quantitative estimate of drug-likeness (QED) is 0.652. The second-order valence-corrected chi connectivity index (χ2v) is 7.41. The standard InChI is InChI=1S/C24H28N2O5/c1-4-16-8-10-17(11-9-16)20-15-21(19-13-12-18(30-2)14-22(19)31-3)26(25-20)23(27)6-5-7-24(28)29/h8-14,21H,4-7,15H2,1-3H3,(H,28,29). The average molecular weight is 424 g/mol. The Hall–Kier alpha value is -3.35. The second-order valence-electron chi connectivity index (χ2n) is 7.41. The van der Waals surface area contributed by atoms with Gasteiger partial charge in [0.05, 0.1) is 26.0 Å². The third-order valence-electron chi connectivity index (χ3n) is 5.44. The van der Waals surface area contributed by atoms with Gasteiger partial charge in [-0.1, -0.05) is 31.2 Å². The summed E-state index contributed by atoms with van der Waals surface area (Å²) >= 11 is 0. The molecule has 7 nitrogen and oxygen atoms in total. The molecule has 0 fully saturated rings. The number of hydrazone groups is 1. The van der Waals surface area contributed by atoms with Gasteiger partial charge in [-0.05, 0) is 36.1 Å². The number of aliphatic carboxylic acids is 1. The van der Waals surface area contributed by atoms with Gasteiger partial charge in [0.15, 0.2) is 0 Å². The van der Waals surface area contributed by atoms with Crippen LogP contribution in [0.4, 0.5) is 0 Å². The maximum absolute atomic E-state index is 13.0. The minimum atomic E-state index is -0.914. The number of hydrogen-bond donors (Lipinski definition) is 1. The number of methoxy groups -OCH3 is 2. The summed E-state index contributed by atoms with van der Waals surface area (Å²) in [4.78, 5) is 23.8. The Balaban J connectivity index is 1.92. The lowest BCUT2D eigenvalue weighted by molar-refractivity contribution is -0.137. The van der Waals surface area contributed by atoms with Crippen molar-refractivity contribution >= 4 is 17.6 Å². The maximum atomic E-state index is 13.0. The molecule has 2 aromatic rings. The number of ether oxygens (including phenoxy) is 2. The summed E-state index contributed by atoms with van der Waals surface area (Å²) in [7, 11) is 3.17. The fourth-order valence-corrected chi connectivity index (χ4v) is 3.69. The number of nitrogens with zero attached hydrogens (tertiary/aromatic N) is 2. The van der Waals surface area contributed by atoms with Crippen LogP contribution in [-0.2, 0) is 16.0 Å². The van der Waals surface area contributed by atoms with E-state index >= 15 is 0 Å². The lowest BCUT2D eigenvalue weighted by Crippen LogP contribution is -2.27. The van der Waals surface area contributed by atoms with Crippen molar-refractivity contribution in [3.8, 4) is 11.5 Å². The monoisotopic (exact) mass is 424 g/mol. The number of benzene rings is 2. The van der Waals surface area contributed by atoms with Crippen molar-refractivity contribution in [3.63, 3.8) is 0 Å². The Bertz CT molecular complexity index is 968. The maximum Gasteiger partial charge on any atom is 0.303 e. The number of amides is 1. The molecule has 0 aromatic heterocycles. The Kier molecular flexibility index (Phi) is 7.28. The van der Waals surface area contributed by atoms with Gasteiger partial charge in [-0.15, -0.1) is 0 Å². The smallest absolute Gasteiger partial charge is 0.303 e. The summed E-state index contributed by atoms with van der Waals surface area (Å²) in [5.41, 5.74) is 3.85. The Morgan fingerprint density at radius 1 is 1.10 bits per heavy atom. The molecule has 1 heterocycles. The molecular formula is C24H28N2O5. The molecule has 3 rings (SSSR count). The minimum absolute atomic E-state index is 0.0504. The van der Waals surface area contributed by atoms with Crippen LogP contribution in [0, 0.1) is 0 Å². The first kappa shape index (κ1) is 22.3. The SMILES string of the molecule is CCc1ccc(C2=NN(C(=O)CCCC(=O)O)C(c3ccc(OC)cc3OC)C2)cc1. The first-order valence-corrected chi connectivity index (χ1v) is 10.4. The molecule has 0 bridgehead atoms. The van der Waals surface area contributed by atoms with Gasteiger partial charge in [-0.2, -0.15) is 5.10 Å². The zero-order chi connectivity index (χ0) is 22.4. The Labute approximate surface area is 182 Å². The molecule has 0 saturated heterocycles. The van der Waals surface area contributed by atoms with Crippen molar-refractivity contribution in [1.82, 2.24) is 5.01 Å². The predicted molar refractivity (Wildman–Crippen MR) is 118 cm³/mol. The van der Waals surface area contributed by atoms with E-state index in [2.05, 4.69) is 24.2 Å². The van der Waals surface area contributed by atoms with E-state index in [4.69, 9.17) is 14.6 Å². The normalized spacial score (nSPS) is 15.5. The van der Waals surface area contributed by atoms with Crippen LogP contribution in [0.3, 0.4) is 0 Å². The number of carboxylic acids is 1. The Morgan fingerprint density at radius 3 is 2.45 bits per heavy atom. The zero-order valence-corrected chi connectivity index (χ0v) is 18.1. The molecule has 31 heavy (non-hydrogen) atoms. The van der Waals surface area contributed by atoms with E-state index in [-0.39, 0.29) is 31.2 Å². The fourth-order valence-electron chi connectivity index (χ4n) is 3.69. The van der Waals surface area contributed by atoms with Gasteiger partial charge in [0, 0.05) is 30.9 Å². The molecule has 0 saturated carbocycles. The number of carbonyl (C=O) groups excluding carboxylic acids is 1. The van der Waals surface area contributed by atoms with Crippen LogP contribution in [-0.4, -0.2) is 41.9 Å².